The van der Waals surface area contributed by atoms with Crippen LogP contribution in [-0.2, 0) is 4.79 Å². The predicted molar refractivity (Wildman–Crippen MR) is 75.4 cm³/mol. The molecule has 1 saturated carbocycles. The lowest BCUT2D eigenvalue weighted by Gasteiger charge is -2.37. The molecule has 2 aliphatic rings. The van der Waals surface area contributed by atoms with E-state index in [-0.39, 0.29) is 23.9 Å². The molecule has 1 N–H and O–H groups in total. The van der Waals surface area contributed by atoms with Crippen LogP contribution in [0.4, 0.5) is 4.39 Å². The average Bonchev–Trinajstić information content (AvgIpc) is 2.80. The van der Waals surface area contributed by atoms with E-state index in [9.17, 15) is 9.18 Å². The van der Waals surface area contributed by atoms with Crippen molar-refractivity contribution in [1.29, 1.82) is 0 Å². The molecule has 1 saturated heterocycles. The van der Waals surface area contributed by atoms with Crippen LogP contribution in [0.1, 0.15) is 44.3 Å². The molecule has 108 valence electrons. The van der Waals surface area contributed by atoms with E-state index in [0.717, 1.165) is 18.4 Å². The van der Waals surface area contributed by atoms with Crippen molar-refractivity contribution in [2.24, 2.45) is 5.92 Å². The SMILES string of the molecule is CC1CCCC(N2C(=O)CNC2c2cccc(F)c2)C1. The van der Waals surface area contributed by atoms with Crippen molar-refractivity contribution < 1.29 is 9.18 Å². The molecular weight excluding hydrogens is 255 g/mol. The normalized spacial score (nSPS) is 30.8. The van der Waals surface area contributed by atoms with Crippen LogP contribution in [0.2, 0.25) is 0 Å². The van der Waals surface area contributed by atoms with Gasteiger partial charge in [0.25, 0.3) is 0 Å². The highest BCUT2D eigenvalue weighted by Crippen LogP contribution is 2.33. The van der Waals surface area contributed by atoms with E-state index >= 15 is 0 Å². The lowest BCUT2D eigenvalue weighted by molar-refractivity contribution is -0.131. The Labute approximate surface area is 119 Å². The molecule has 2 fully saturated rings. The Morgan fingerprint density at radius 3 is 2.95 bits per heavy atom. The second-order valence-electron chi connectivity index (χ2n) is 6.07. The van der Waals surface area contributed by atoms with Crippen LogP contribution in [0.5, 0.6) is 0 Å². The Balaban J connectivity index is 1.85. The third kappa shape index (κ3) is 2.57. The molecule has 3 unspecified atom stereocenters. The number of rotatable bonds is 2. The zero-order valence-electron chi connectivity index (χ0n) is 11.8. The summed E-state index contributed by atoms with van der Waals surface area (Å²) in [5.41, 5.74) is 0.842. The first-order valence-electron chi connectivity index (χ1n) is 7.45. The van der Waals surface area contributed by atoms with Crippen LogP contribution in [-0.4, -0.2) is 23.4 Å². The van der Waals surface area contributed by atoms with Crippen molar-refractivity contribution in [1.82, 2.24) is 10.2 Å². The Hall–Kier alpha value is -1.42. The van der Waals surface area contributed by atoms with Crippen molar-refractivity contribution in [3.8, 4) is 0 Å². The monoisotopic (exact) mass is 276 g/mol. The minimum Gasteiger partial charge on any atom is -0.319 e. The summed E-state index contributed by atoms with van der Waals surface area (Å²) in [5, 5.41) is 3.22. The highest BCUT2D eigenvalue weighted by molar-refractivity contribution is 5.81. The van der Waals surface area contributed by atoms with E-state index in [1.165, 1.54) is 25.0 Å². The van der Waals surface area contributed by atoms with Crippen molar-refractivity contribution in [3.63, 3.8) is 0 Å². The van der Waals surface area contributed by atoms with Crippen molar-refractivity contribution in [2.75, 3.05) is 6.54 Å². The fourth-order valence-electron chi connectivity index (χ4n) is 3.54. The van der Waals surface area contributed by atoms with Gasteiger partial charge in [-0.25, -0.2) is 4.39 Å². The summed E-state index contributed by atoms with van der Waals surface area (Å²) in [6, 6.07) is 6.84. The van der Waals surface area contributed by atoms with Crippen LogP contribution in [0, 0.1) is 11.7 Å². The van der Waals surface area contributed by atoms with Gasteiger partial charge in [-0.1, -0.05) is 31.9 Å². The van der Waals surface area contributed by atoms with E-state index in [1.54, 1.807) is 6.07 Å². The van der Waals surface area contributed by atoms with Crippen molar-refractivity contribution in [3.05, 3.63) is 35.6 Å². The Kier molecular flexibility index (Phi) is 3.74. The van der Waals surface area contributed by atoms with Gasteiger partial charge in [-0.15, -0.1) is 0 Å². The minimum absolute atomic E-state index is 0.137. The third-order valence-corrected chi connectivity index (χ3v) is 4.48. The third-order valence-electron chi connectivity index (χ3n) is 4.48. The fraction of sp³-hybridized carbons (Fsp3) is 0.562. The molecule has 1 aliphatic heterocycles. The summed E-state index contributed by atoms with van der Waals surface area (Å²) in [5.74, 6) is 0.550. The number of halogens is 1. The van der Waals surface area contributed by atoms with Gasteiger partial charge in [-0.05, 0) is 36.5 Å². The number of carbonyl (C=O) groups excluding carboxylic acids is 1. The maximum absolute atomic E-state index is 13.4. The molecule has 3 nitrogen and oxygen atoms in total. The van der Waals surface area contributed by atoms with Crippen LogP contribution < -0.4 is 5.32 Å². The summed E-state index contributed by atoms with van der Waals surface area (Å²) in [7, 11) is 0. The Bertz CT molecular complexity index is 505. The average molecular weight is 276 g/mol. The summed E-state index contributed by atoms with van der Waals surface area (Å²) in [6.45, 7) is 2.60. The molecule has 1 aromatic rings. The Morgan fingerprint density at radius 2 is 2.20 bits per heavy atom. The van der Waals surface area contributed by atoms with Crippen molar-refractivity contribution >= 4 is 5.91 Å². The van der Waals surface area contributed by atoms with Crippen molar-refractivity contribution in [2.45, 2.75) is 44.8 Å². The molecule has 0 aromatic heterocycles. The maximum Gasteiger partial charge on any atom is 0.238 e. The molecule has 0 radical (unpaired) electrons. The molecule has 20 heavy (non-hydrogen) atoms. The molecule has 0 bridgehead atoms. The second-order valence-corrected chi connectivity index (χ2v) is 6.07. The maximum atomic E-state index is 13.4. The highest BCUT2D eigenvalue weighted by Gasteiger charge is 2.38. The number of benzene rings is 1. The van der Waals surface area contributed by atoms with E-state index in [2.05, 4.69) is 12.2 Å². The van der Waals surface area contributed by atoms with E-state index in [0.29, 0.717) is 12.5 Å². The first kappa shape index (κ1) is 13.6. The van der Waals surface area contributed by atoms with E-state index < -0.39 is 0 Å². The zero-order valence-corrected chi connectivity index (χ0v) is 11.8. The van der Waals surface area contributed by atoms with E-state index in [1.807, 2.05) is 11.0 Å². The van der Waals surface area contributed by atoms with Crippen LogP contribution >= 0.6 is 0 Å². The van der Waals surface area contributed by atoms with E-state index in [4.69, 9.17) is 0 Å². The van der Waals surface area contributed by atoms with Crippen LogP contribution in [0.25, 0.3) is 0 Å². The van der Waals surface area contributed by atoms with Gasteiger partial charge >= 0.3 is 0 Å². The quantitative estimate of drug-likeness (QED) is 0.901. The van der Waals surface area contributed by atoms with Gasteiger partial charge in [0.15, 0.2) is 0 Å². The number of amides is 1. The summed E-state index contributed by atoms with van der Waals surface area (Å²) in [4.78, 5) is 14.2. The first-order valence-corrected chi connectivity index (χ1v) is 7.45. The van der Waals surface area contributed by atoms with Crippen LogP contribution in [0.15, 0.2) is 24.3 Å². The fourth-order valence-corrected chi connectivity index (χ4v) is 3.54. The lowest BCUT2D eigenvalue weighted by atomic mass is 9.86. The summed E-state index contributed by atoms with van der Waals surface area (Å²) in [6.07, 6.45) is 4.36. The highest BCUT2D eigenvalue weighted by atomic mass is 19.1. The molecule has 3 rings (SSSR count). The topological polar surface area (TPSA) is 32.3 Å². The molecule has 1 heterocycles. The molecule has 3 atom stereocenters. The largest absolute Gasteiger partial charge is 0.319 e. The molecular formula is C16H21FN2O. The standard InChI is InChI=1S/C16H21FN2O/c1-11-4-2-7-14(8-11)19-15(20)10-18-16(19)12-5-3-6-13(17)9-12/h3,5-6,9,11,14,16,18H,2,4,7-8,10H2,1H3. The molecule has 0 spiro atoms. The Morgan fingerprint density at radius 1 is 1.35 bits per heavy atom. The van der Waals surface area contributed by atoms with Gasteiger partial charge in [0.1, 0.15) is 12.0 Å². The smallest absolute Gasteiger partial charge is 0.238 e. The van der Waals surface area contributed by atoms with Gasteiger partial charge < -0.3 is 4.90 Å². The molecule has 1 aliphatic carbocycles. The van der Waals surface area contributed by atoms with Gasteiger partial charge in [0, 0.05) is 6.04 Å². The number of carbonyl (C=O) groups is 1. The number of nitrogens with zero attached hydrogens (tertiary/aromatic N) is 1. The zero-order chi connectivity index (χ0) is 14.1. The van der Waals surface area contributed by atoms with Gasteiger partial charge in [0.2, 0.25) is 5.91 Å². The summed E-state index contributed by atoms with van der Waals surface area (Å²) >= 11 is 0. The number of nitrogens with one attached hydrogen (secondary N) is 1. The second kappa shape index (κ2) is 5.52. The van der Waals surface area contributed by atoms with Crippen LogP contribution in [0.3, 0.4) is 0 Å². The van der Waals surface area contributed by atoms with Gasteiger partial charge in [0.05, 0.1) is 6.54 Å². The summed E-state index contributed by atoms with van der Waals surface area (Å²) < 4.78 is 13.4. The minimum atomic E-state index is -0.249. The first-order chi connectivity index (χ1) is 9.65. The molecule has 4 heteroatoms. The lowest BCUT2D eigenvalue weighted by Crippen LogP contribution is -2.42. The van der Waals surface area contributed by atoms with Gasteiger partial charge in [-0.3, -0.25) is 10.1 Å². The number of hydrogen-bond acceptors (Lipinski definition) is 2. The molecule has 1 amide bonds. The number of hydrogen-bond donors (Lipinski definition) is 1. The molecule has 1 aromatic carbocycles. The van der Waals surface area contributed by atoms with Gasteiger partial charge in [-0.2, -0.15) is 0 Å². The predicted octanol–water partition coefficient (Wildman–Crippen LogP) is 2.83.